The lowest BCUT2D eigenvalue weighted by molar-refractivity contribution is 0.284. The number of methoxy groups -OCH3 is 1. The molecule has 0 aliphatic heterocycles. The van der Waals surface area contributed by atoms with Crippen molar-refractivity contribution in [3.05, 3.63) is 102 Å². The summed E-state index contributed by atoms with van der Waals surface area (Å²) in [5.41, 5.74) is 4.64. The summed E-state index contributed by atoms with van der Waals surface area (Å²) in [5.74, 6) is 1.50. The van der Waals surface area contributed by atoms with Gasteiger partial charge < -0.3 is 14.8 Å². The minimum atomic E-state index is 0.519. The first-order valence-corrected chi connectivity index (χ1v) is 9.80. The molecule has 0 atom stereocenters. The predicted molar refractivity (Wildman–Crippen MR) is 120 cm³/mol. The molecule has 0 amide bonds. The number of benzene rings is 4. The summed E-state index contributed by atoms with van der Waals surface area (Å²) < 4.78 is 11.6. The number of nitrogens with one attached hydrogen (secondary N) is 1. The van der Waals surface area contributed by atoms with E-state index in [1.54, 1.807) is 7.11 Å². The lowest BCUT2D eigenvalue weighted by Gasteiger charge is -2.14. The van der Waals surface area contributed by atoms with Gasteiger partial charge >= 0.3 is 0 Å². The molecular formula is C26H25NO2. The van der Waals surface area contributed by atoms with E-state index in [0.29, 0.717) is 13.2 Å². The van der Waals surface area contributed by atoms with Gasteiger partial charge in [0.05, 0.1) is 7.11 Å². The Labute approximate surface area is 171 Å². The van der Waals surface area contributed by atoms with E-state index in [0.717, 1.165) is 28.3 Å². The van der Waals surface area contributed by atoms with Crippen molar-refractivity contribution in [2.45, 2.75) is 20.1 Å². The van der Waals surface area contributed by atoms with Gasteiger partial charge in [-0.25, -0.2) is 0 Å². The maximum absolute atomic E-state index is 6.00. The normalized spacial score (nSPS) is 10.7. The quantitative estimate of drug-likeness (QED) is 0.403. The average Bonchev–Trinajstić information content (AvgIpc) is 2.76. The number of hydrogen-bond donors (Lipinski definition) is 1. The second kappa shape index (κ2) is 8.70. The molecule has 0 aliphatic carbocycles. The fourth-order valence-corrected chi connectivity index (χ4v) is 3.48. The van der Waals surface area contributed by atoms with E-state index in [4.69, 9.17) is 9.47 Å². The molecule has 0 fully saturated rings. The van der Waals surface area contributed by atoms with E-state index in [-0.39, 0.29) is 0 Å². The first-order valence-electron chi connectivity index (χ1n) is 9.80. The minimum Gasteiger partial charge on any atom is -0.493 e. The van der Waals surface area contributed by atoms with Crippen LogP contribution in [0.3, 0.4) is 0 Å². The summed E-state index contributed by atoms with van der Waals surface area (Å²) in [7, 11) is 1.68. The van der Waals surface area contributed by atoms with Gasteiger partial charge in [-0.1, -0.05) is 72.3 Å². The molecule has 0 bridgehead atoms. The fourth-order valence-electron chi connectivity index (χ4n) is 3.48. The Kier molecular flexibility index (Phi) is 5.66. The number of hydrogen-bond acceptors (Lipinski definition) is 3. The maximum atomic E-state index is 6.00. The smallest absolute Gasteiger partial charge is 0.161 e. The highest BCUT2D eigenvalue weighted by Crippen LogP contribution is 2.30. The molecular weight excluding hydrogens is 358 g/mol. The van der Waals surface area contributed by atoms with E-state index in [9.17, 15) is 0 Å². The Bertz CT molecular complexity index is 1120. The van der Waals surface area contributed by atoms with Gasteiger partial charge in [0.1, 0.15) is 6.61 Å². The predicted octanol–water partition coefficient (Wildman–Crippen LogP) is 6.35. The molecule has 0 saturated carbocycles. The van der Waals surface area contributed by atoms with Crippen LogP contribution in [0.4, 0.5) is 5.69 Å². The molecule has 4 aromatic rings. The first kappa shape index (κ1) is 18.9. The highest BCUT2D eigenvalue weighted by Gasteiger charge is 2.07. The van der Waals surface area contributed by atoms with Crippen molar-refractivity contribution in [1.82, 2.24) is 0 Å². The van der Waals surface area contributed by atoms with Crippen LogP contribution in [0.25, 0.3) is 10.8 Å². The lowest BCUT2D eigenvalue weighted by atomic mass is 10.1. The van der Waals surface area contributed by atoms with Crippen molar-refractivity contribution in [1.29, 1.82) is 0 Å². The fraction of sp³-hybridized carbons (Fsp3) is 0.154. The van der Waals surface area contributed by atoms with Gasteiger partial charge in [0.25, 0.3) is 0 Å². The topological polar surface area (TPSA) is 30.5 Å². The lowest BCUT2D eigenvalue weighted by Crippen LogP contribution is -2.02. The molecule has 4 rings (SSSR count). The Hall–Kier alpha value is -3.46. The molecule has 4 aromatic carbocycles. The molecule has 0 spiro atoms. The molecule has 0 radical (unpaired) electrons. The van der Waals surface area contributed by atoms with E-state index in [2.05, 4.69) is 79.0 Å². The summed E-state index contributed by atoms with van der Waals surface area (Å²) in [4.78, 5) is 0. The minimum absolute atomic E-state index is 0.519. The third-order valence-corrected chi connectivity index (χ3v) is 4.98. The SMILES string of the molecule is COc1cc(CNc2cccc3ccccc23)ccc1OCc1cccc(C)c1. The second-order valence-corrected chi connectivity index (χ2v) is 7.14. The third-order valence-electron chi connectivity index (χ3n) is 4.98. The van der Waals surface area contributed by atoms with Gasteiger partial charge in [-0.15, -0.1) is 0 Å². The summed E-state index contributed by atoms with van der Waals surface area (Å²) in [6.07, 6.45) is 0. The molecule has 0 saturated heterocycles. The molecule has 0 aromatic heterocycles. The highest BCUT2D eigenvalue weighted by atomic mass is 16.5. The van der Waals surface area contributed by atoms with Crippen LogP contribution >= 0.6 is 0 Å². The largest absolute Gasteiger partial charge is 0.493 e. The van der Waals surface area contributed by atoms with Gasteiger partial charge in [-0.05, 0) is 41.6 Å². The summed E-state index contributed by atoms with van der Waals surface area (Å²) >= 11 is 0. The van der Waals surface area contributed by atoms with Crippen molar-refractivity contribution in [3.63, 3.8) is 0 Å². The Morgan fingerprint density at radius 1 is 0.759 bits per heavy atom. The number of anilines is 1. The van der Waals surface area contributed by atoms with Crippen LogP contribution in [0.2, 0.25) is 0 Å². The number of fused-ring (bicyclic) bond motifs is 1. The van der Waals surface area contributed by atoms with Crippen molar-refractivity contribution in [2.75, 3.05) is 12.4 Å². The van der Waals surface area contributed by atoms with E-state index >= 15 is 0 Å². The van der Waals surface area contributed by atoms with Gasteiger partial charge in [0.2, 0.25) is 0 Å². The summed E-state index contributed by atoms with van der Waals surface area (Å²) in [6.45, 7) is 3.32. The van der Waals surface area contributed by atoms with Crippen LogP contribution < -0.4 is 14.8 Å². The van der Waals surface area contributed by atoms with Crippen molar-refractivity contribution in [3.8, 4) is 11.5 Å². The van der Waals surface area contributed by atoms with Crippen molar-refractivity contribution >= 4 is 16.5 Å². The van der Waals surface area contributed by atoms with Gasteiger partial charge in [-0.3, -0.25) is 0 Å². The number of aryl methyl sites for hydroxylation is 1. The maximum Gasteiger partial charge on any atom is 0.161 e. The van der Waals surface area contributed by atoms with Crippen LogP contribution in [0.15, 0.2) is 84.9 Å². The third kappa shape index (κ3) is 4.52. The zero-order chi connectivity index (χ0) is 20.1. The van der Waals surface area contributed by atoms with Crippen LogP contribution in [-0.4, -0.2) is 7.11 Å². The molecule has 0 unspecified atom stereocenters. The Morgan fingerprint density at radius 2 is 1.59 bits per heavy atom. The first-order chi connectivity index (χ1) is 14.2. The number of rotatable bonds is 7. The highest BCUT2D eigenvalue weighted by molar-refractivity contribution is 5.93. The monoisotopic (exact) mass is 383 g/mol. The van der Waals surface area contributed by atoms with Crippen LogP contribution in [0.5, 0.6) is 11.5 Å². The van der Waals surface area contributed by atoms with Crippen LogP contribution in [-0.2, 0) is 13.2 Å². The van der Waals surface area contributed by atoms with E-state index in [1.807, 2.05) is 18.2 Å². The molecule has 0 heterocycles. The molecule has 0 aliphatic rings. The average molecular weight is 383 g/mol. The molecule has 3 heteroatoms. The van der Waals surface area contributed by atoms with Crippen molar-refractivity contribution < 1.29 is 9.47 Å². The summed E-state index contributed by atoms with van der Waals surface area (Å²) in [6, 6.07) is 29.1. The second-order valence-electron chi connectivity index (χ2n) is 7.14. The molecule has 146 valence electrons. The summed E-state index contributed by atoms with van der Waals surface area (Å²) in [5, 5.41) is 6.00. The van der Waals surface area contributed by atoms with E-state index < -0.39 is 0 Å². The van der Waals surface area contributed by atoms with E-state index in [1.165, 1.54) is 16.3 Å². The molecule has 29 heavy (non-hydrogen) atoms. The van der Waals surface area contributed by atoms with Crippen molar-refractivity contribution in [2.24, 2.45) is 0 Å². The Morgan fingerprint density at radius 3 is 2.45 bits per heavy atom. The molecule has 3 nitrogen and oxygen atoms in total. The molecule has 1 N–H and O–H groups in total. The Balaban J connectivity index is 1.46. The van der Waals surface area contributed by atoms with Gasteiger partial charge in [-0.2, -0.15) is 0 Å². The standard InChI is InChI=1S/C26H25NO2/c1-19-7-5-8-21(15-19)18-29-25-14-13-20(16-26(25)28-2)17-27-24-12-6-10-22-9-3-4-11-23(22)24/h3-16,27H,17-18H2,1-2H3. The van der Waals surface area contributed by atoms with Gasteiger partial charge in [0, 0.05) is 17.6 Å². The number of ether oxygens (including phenoxy) is 2. The van der Waals surface area contributed by atoms with Gasteiger partial charge in [0.15, 0.2) is 11.5 Å². The van der Waals surface area contributed by atoms with Crippen LogP contribution in [0.1, 0.15) is 16.7 Å². The zero-order valence-electron chi connectivity index (χ0n) is 16.8. The zero-order valence-corrected chi connectivity index (χ0v) is 16.8. The van der Waals surface area contributed by atoms with Crippen LogP contribution in [0, 0.1) is 6.92 Å².